The van der Waals surface area contributed by atoms with Crippen LogP contribution in [0.3, 0.4) is 0 Å². The molecule has 4 N–H and O–H groups in total. The van der Waals surface area contributed by atoms with Crippen molar-refractivity contribution in [2.75, 3.05) is 6.54 Å². The molecular formula is C26H35F3N4O5. The Morgan fingerprint density at radius 1 is 1.24 bits per heavy atom. The highest BCUT2D eigenvalue weighted by molar-refractivity contribution is 6.00. The topological polar surface area (TPSA) is 132 Å². The summed E-state index contributed by atoms with van der Waals surface area (Å²) in [5.74, 6) is -1.84. The second kappa shape index (κ2) is 10.1. The van der Waals surface area contributed by atoms with Crippen LogP contribution in [0.2, 0.25) is 0 Å². The fourth-order valence-corrected chi connectivity index (χ4v) is 5.15. The summed E-state index contributed by atoms with van der Waals surface area (Å²) in [6.07, 6.45) is -2.46. The molecule has 3 atom stereocenters. The van der Waals surface area contributed by atoms with E-state index in [1.807, 2.05) is 58.9 Å². The first-order chi connectivity index (χ1) is 17.5. The highest BCUT2D eigenvalue weighted by Gasteiger charge is 2.60. The maximum absolute atomic E-state index is 13.5. The van der Waals surface area contributed by atoms with Gasteiger partial charge in [0.15, 0.2) is 5.96 Å². The predicted molar refractivity (Wildman–Crippen MR) is 132 cm³/mol. The zero-order valence-electron chi connectivity index (χ0n) is 22.2. The van der Waals surface area contributed by atoms with Crippen molar-refractivity contribution >= 4 is 23.7 Å². The average Bonchev–Trinajstić information content (AvgIpc) is 3.41. The normalized spacial score (nSPS) is 26.8. The summed E-state index contributed by atoms with van der Waals surface area (Å²) in [5, 5.41) is 22.1. The largest absolute Gasteiger partial charge is 0.490 e. The summed E-state index contributed by atoms with van der Waals surface area (Å²) >= 11 is 0. The Morgan fingerprint density at radius 3 is 2.26 bits per heavy atom. The highest BCUT2D eigenvalue weighted by atomic mass is 19.4. The second-order valence-electron chi connectivity index (χ2n) is 10.8. The van der Waals surface area contributed by atoms with Crippen LogP contribution in [-0.4, -0.2) is 57.6 Å². The number of para-hydroxylation sites is 1. The Kier molecular flexibility index (Phi) is 7.78. The SMILES string of the molecule is CCC1(CC)CC(=O)N(C[C@]2(C(=O)N[C@H]3c4ccccc4OC3(C)C)C[C@@H]2C)C(=N)N1.O=C(O)C(F)(F)F. The van der Waals surface area contributed by atoms with E-state index in [0.29, 0.717) is 12.8 Å². The zero-order chi connectivity index (χ0) is 28.7. The van der Waals surface area contributed by atoms with Gasteiger partial charge in [0.25, 0.3) is 0 Å². The van der Waals surface area contributed by atoms with Crippen LogP contribution in [0.5, 0.6) is 5.75 Å². The lowest BCUT2D eigenvalue weighted by Gasteiger charge is -2.43. The standard InChI is InChI=1S/C24H34N4O3.C2HF3O2/c1-6-23(7-2)13-18(29)28(21(25)27-23)14-24(12-15(24)3)20(30)26-19-16-10-8-9-11-17(16)31-22(19,4)5;3-2(4,5)1(6)7/h8-11,15,19H,6-7,12-14H2,1-5H3,(H2,25,27)(H,26,30);(H,6,7)/t15-,19-,24+;/m0./s1. The molecule has 0 unspecified atom stereocenters. The van der Waals surface area contributed by atoms with Gasteiger partial charge in [0.1, 0.15) is 11.4 Å². The summed E-state index contributed by atoms with van der Waals surface area (Å²) in [6.45, 7) is 10.3. The van der Waals surface area contributed by atoms with E-state index in [4.69, 9.17) is 20.0 Å². The molecule has 1 aromatic carbocycles. The van der Waals surface area contributed by atoms with E-state index in [-0.39, 0.29) is 41.8 Å². The monoisotopic (exact) mass is 540 g/mol. The van der Waals surface area contributed by atoms with Gasteiger partial charge in [-0.05, 0) is 45.1 Å². The Bertz CT molecular complexity index is 1100. The number of alkyl halides is 3. The van der Waals surface area contributed by atoms with Crippen LogP contribution < -0.4 is 15.4 Å². The number of carboxylic acids is 1. The number of carboxylic acid groups (broad SMARTS) is 1. The van der Waals surface area contributed by atoms with Crippen molar-refractivity contribution < 1.29 is 37.4 Å². The van der Waals surface area contributed by atoms with E-state index in [9.17, 15) is 22.8 Å². The fraction of sp³-hybridized carbons (Fsp3) is 0.615. The Hall–Kier alpha value is -3.31. The van der Waals surface area contributed by atoms with Gasteiger partial charge >= 0.3 is 12.1 Å². The van der Waals surface area contributed by atoms with Crippen LogP contribution in [0.25, 0.3) is 0 Å². The number of hydrogen-bond donors (Lipinski definition) is 4. The summed E-state index contributed by atoms with van der Waals surface area (Å²) in [4.78, 5) is 36.9. The molecule has 2 amide bonds. The third kappa shape index (κ3) is 5.58. The van der Waals surface area contributed by atoms with E-state index in [1.54, 1.807) is 0 Å². The minimum atomic E-state index is -5.08. The molecule has 9 nitrogen and oxygen atoms in total. The van der Waals surface area contributed by atoms with Gasteiger partial charge in [-0.2, -0.15) is 13.2 Å². The highest BCUT2D eigenvalue weighted by Crippen LogP contribution is 2.54. The van der Waals surface area contributed by atoms with Crippen LogP contribution in [0.15, 0.2) is 24.3 Å². The lowest BCUT2D eigenvalue weighted by Crippen LogP contribution is -2.63. The summed E-state index contributed by atoms with van der Waals surface area (Å²) in [5.41, 5.74) is -0.612. The van der Waals surface area contributed by atoms with Gasteiger partial charge in [0.2, 0.25) is 11.8 Å². The minimum Gasteiger partial charge on any atom is -0.485 e. The fourth-order valence-electron chi connectivity index (χ4n) is 5.15. The molecule has 1 saturated carbocycles. The summed E-state index contributed by atoms with van der Waals surface area (Å²) < 4.78 is 37.8. The van der Waals surface area contributed by atoms with Crippen molar-refractivity contribution in [2.24, 2.45) is 11.3 Å². The van der Waals surface area contributed by atoms with E-state index >= 15 is 0 Å². The van der Waals surface area contributed by atoms with Crippen LogP contribution in [-0.2, 0) is 14.4 Å². The lowest BCUT2D eigenvalue weighted by molar-refractivity contribution is -0.192. The van der Waals surface area contributed by atoms with Crippen molar-refractivity contribution in [1.82, 2.24) is 15.5 Å². The third-order valence-corrected chi connectivity index (χ3v) is 7.96. The van der Waals surface area contributed by atoms with Crippen LogP contribution in [0.4, 0.5) is 13.2 Å². The molecule has 2 fully saturated rings. The summed E-state index contributed by atoms with van der Waals surface area (Å²) in [7, 11) is 0. The Labute approximate surface area is 219 Å². The van der Waals surface area contributed by atoms with Gasteiger partial charge in [-0.3, -0.25) is 19.9 Å². The number of ether oxygens (including phenoxy) is 1. The molecule has 4 rings (SSSR count). The van der Waals surface area contributed by atoms with Crippen molar-refractivity contribution in [3.05, 3.63) is 29.8 Å². The second-order valence-corrected chi connectivity index (χ2v) is 10.8. The minimum absolute atomic E-state index is 0.0678. The number of hydrogen-bond acceptors (Lipinski definition) is 5. The van der Waals surface area contributed by atoms with Crippen LogP contribution in [0, 0.1) is 16.7 Å². The number of benzene rings is 1. The lowest BCUT2D eigenvalue weighted by atomic mass is 9.86. The van der Waals surface area contributed by atoms with Gasteiger partial charge in [-0.25, -0.2) is 4.79 Å². The molecule has 0 aromatic heterocycles. The molecule has 1 aliphatic carbocycles. The number of carbonyl (C=O) groups is 3. The quantitative estimate of drug-likeness (QED) is 0.432. The van der Waals surface area contributed by atoms with Crippen molar-refractivity contribution in [3.8, 4) is 5.75 Å². The van der Waals surface area contributed by atoms with Crippen LogP contribution in [0.1, 0.15) is 71.9 Å². The number of fused-ring (bicyclic) bond motifs is 1. The van der Waals surface area contributed by atoms with Crippen LogP contribution >= 0.6 is 0 Å². The zero-order valence-corrected chi connectivity index (χ0v) is 22.2. The molecule has 3 aliphatic rings. The number of aliphatic carboxylic acids is 1. The average molecular weight is 541 g/mol. The number of nitrogens with zero attached hydrogens (tertiary/aromatic N) is 1. The van der Waals surface area contributed by atoms with E-state index < -0.39 is 23.2 Å². The first-order valence-corrected chi connectivity index (χ1v) is 12.6. The van der Waals surface area contributed by atoms with Crippen molar-refractivity contribution in [2.45, 2.75) is 83.7 Å². The number of rotatable bonds is 6. The van der Waals surface area contributed by atoms with E-state index in [0.717, 1.165) is 24.2 Å². The number of guanidine groups is 1. The van der Waals surface area contributed by atoms with Gasteiger partial charge in [0, 0.05) is 17.6 Å². The third-order valence-electron chi connectivity index (χ3n) is 7.96. The van der Waals surface area contributed by atoms with Gasteiger partial charge in [0.05, 0.1) is 17.9 Å². The van der Waals surface area contributed by atoms with Crippen molar-refractivity contribution in [3.63, 3.8) is 0 Å². The van der Waals surface area contributed by atoms with E-state index in [2.05, 4.69) is 10.6 Å². The van der Waals surface area contributed by atoms with E-state index in [1.165, 1.54) is 4.90 Å². The molecule has 0 bridgehead atoms. The Morgan fingerprint density at radius 2 is 1.79 bits per heavy atom. The molecule has 12 heteroatoms. The molecule has 38 heavy (non-hydrogen) atoms. The molecule has 0 radical (unpaired) electrons. The molecule has 2 aliphatic heterocycles. The predicted octanol–water partition coefficient (Wildman–Crippen LogP) is 3.99. The molecule has 1 saturated heterocycles. The molecule has 1 aromatic rings. The number of amides is 2. The maximum Gasteiger partial charge on any atom is 0.490 e. The van der Waals surface area contributed by atoms with Gasteiger partial charge in [-0.15, -0.1) is 0 Å². The Balaban J connectivity index is 0.000000505. The number of nitrogens with one attached hydrogen (secondary N) is 3. The number of carbonyl (C=O) groups excluding carboxylic acids is 2. The molecule has 0 spiro atoms. The van der Waals surface area contributed by atoms with Gasteiger partial charge in [-0.1, -0.05) is 39.0 Å². The molecular weight excluding hydrogens is 505 g/mol. The smallest absolute Gasteiger partial charge is 0.485 e. The van der Waals surface area contributed by atoms with Crippen molar-refractivity contribution in [1.29, 1.82) is 5.41 Å². The molecule has 210 valence electrons. The first kappa shape index (κ1) is 29.2. The first-order valence-electron chi connectivity index (χ1n) is 12.6. The maximum atomic E-state index is 13.5. The number of halogens is 3. The summed E-state index contributed by atoms with van der Waals surface area (Å²) in [6, 6.07) is 7.53. The molecule has 2 heterocycles. The van der Waals surface area contributed by atoms with Gasteiger partial charge < -0.3 is 20.5 Å².